The summed E-state index contributed by atoms with van der Waals surface area (Å²) in [5, 5.41) is 13.9. The first kappa shape index (κ1) is 13.8. The highest BCUT2D eigenvalue weighted by Crippen LogP contribution is 2.28. The minimum absolute atomic E-state index is 0.328. The summed E-state index contributed by atoms with van der Waals surface area (Å²) < 4.78 is 0. The van der Waals surface area contributed by atoms with E-state index in [0.29, 0.717) is 19.5 Å². The molecule has 104 valence electrons. The second kappa shape index (κ2) is 5.56. The monoisotopic (exact) mass is 283 g/mol. The van der Waals surface area contributed by atoms with Crippen LogP contribution in [0, 0.1) is 0 Å². The van der Waals surface area contributed by atoms with Crippen LogP contribution in [0.25, 0.3) is 0 Å². The molecule has 1 saturated heterocycles. The molecular formula is C12H17N3O3S. The average molecular weight is 283 g/mol. The number of carbonyl (C=O) groups is 2. The van der Waals surface area contributed by atoms with E-state index >= 15 is 0 Å². The number of carboxylic acids is 1. The fourth-order valence-corrected chi connectivity index (χ4v) is 2.81. The van der Waals surface area contributed by atoms with Crippen LogP contribution in [0.1, 0.15) is 31.9 Å². The van der Waals surface area contributed by atoms with E-state index in [1.807, 2.05) is 5.38 Å². The molecule has 1 aliphatic rings. The van der Waals surface area contributed by atoms with Crippen LogP contribution >= 0.6 is 11.3 Å². The maximum atomic E-state index is 12.1. The van der Waals surface area contributed by atoms with Crippen molar-refractivity contribution in [2.45, 2.75) is 38.3 Å². The molecule has 2 rings (SSSR count). The van der Waals surface area contributed by atoms with Gasteiger partial charge in [-0.2, -0.15) is 0 Å². The summed E-state index contributed by atoms with van der Waals surface area (Å²) in [6.45, 7) is 2.41. The zero-order chi connectivity index (χ0) is 13.9. The Morgan fingerprint density at radius 1 is 1.58 bits per heavy atom. The van der Waals surface area contributed by atoms with Crippen LogP contribution in [0.4, 0.5) is 4.79 Å². The third-order valence-electron chi connectivity index (χ3n) is 3.50. The highest BCUT2D eigenvalue weighted by atomic mass is 32.1. The maximum absolute atomic E-state index is 12.1. The zero-order valence-electron chi connectivity index (χ0n) is 10.8. The van der Waals surface area contributed by atoms with Crippen molar-refractivity contribution < 1.29 is 14.7 Å². The molecule has 6 nitrogen and oxygen atoms in total. The van der Waals surface area contributed by atoms with Crippen LogP contribution in [-0.2, 0) is 11.3 Å². The fourth-order valence-electron chi connectivity index (χ4n) is 2.26. The largest absolute Gasteiger partial charge is 0.480 e. The average Bonchev–Trinajstić information content (AvgIpc) is 2.89. The van der Waals surface area contributed by atoms with Crippen molar-refractivity contribution in [3.63, 3.8) is 0 Å². The lowest BCUT2D eigenvalue weighted by Gasteiger charge is -2.41. The number of aromatic nitrogens is 1. The first-order valence-electron chi connectivity index (χ1n) is 6.20. The molecule has 0 bridgehead atoms. The van der Waals surface area contributed by atoms with Gasteiger partial charge < -0.3 is 15.3 Å². The molecule has 0 aromatic carbocycles. The predicted octanol–water partition coefficient (Wildman–Crippen LogP) is 1.68. The van der Waals surface area contributed by atoms with Gasteiger partial charge in [-0.3, -0.25) is 0 Å². The minimum atomic E-state index is -1.11. The van der Waals surface area contributed by atoms with Gasteiger partial charge in [0.15, 0.2) is 0 Å². The van der Waals surface area contributed by atoms with Crippen LogP contribution < -0.4 is 5.32 Å². The van der Waals surface area contributed by atoms with Crippen LogP contribution in [0.3, 0.4) is 0 Å². The molecule has 1 aromatic heterocycles. The van der Waals surface area contributed by atoms with E-state index in [2.05, 4.69) is 10.3 Å². The number of hydrogen-bond donors (Lipinski definition) is 2. The molecular weight excluding hydrogens is 266 g/mol. The third-order valence-corrected chi connectivity index (χ3v) is 4.14. The number of carbonyl (C=O) groups excluding carboxylic acids is 1. The van der Waals surface area contributed by atoms with Crippen molar-refractivity contribution in [1.82, 2.24) is 15.2 Å². The SMILES string of the molecule is CC1(C(=O)O)CCCCN1C(=O)NCc1cscn1. The molecule has 1 aliphatic heterocycles. The van der Waals surface area contributed by atoms with Crippen LogP contribution in [0.5, 0.6) is 0 Å². The number of urea groups is 1. The van der Waals surface area contributed by atoms with Gasteiger partial charge in [-0.1, -0.05) is 0 Å². The molecule has 2 amide bonds. The maximum Gasteiger partial charge on any atom is 0.329 e. The van der Waals surface area contributed by atoms with E-state index in [-0.39, 0.29) is 6.03 Å². The van der Waals surface area contributed by atoms with Crippen molar-refractivity contribution in [2.24, 2.45) is 0 Å². The smallest absolute Gasteiger partial charge is 0.329 e. The lowest BCUT2D eigenvalue weighted by Crippen LogP contribution is -2.59. The Morgan fingerprint density at radius 3 is 3.00 bits per heavy atom. The molecule has 2 heterocycles. The fraction of sp³-hybridized carbons (Fsp3) is 0.583. The summed E-state index contributed by atoms with van der Waals surface area (Å²) in [6.07, 6.45) is 2.16. The van der Waals surface area contributed by atoms with E-state index < -0.39 is 11.5 Å². The van der Waals surface area contributed by atoms with Gasteiger partial charge in [-0.25, -0.2) is 14.6 Å². The topological polar surface area (TPSA) is 82.5 Å². The molecule has 0 aliphatic carbocycles. The number of amides is 2. The Labute approximate surface area is 115 Å². The quantitative estimate of drug-likeness (QED) is 0.884. The molecule has 0 radical (unpaired) electrons. The number of rotatable bonds is 3. The summed E-state index contributed by atoms with van der Waals surface area (Å²) in [5.41, 5.74) is 1.38. The van der Waals surface area contributed by atoms with Crippen molar-refractivity contribution in [3.05, 3.63) is 16.6 Å². The summed E-state index contributed by atoms with van der Waals surface area (Å²) in [4.78, 5) is 29.0. The second-order valence-electron chi connectivity index (χ2n) is 4.83. The van der Waals surface area contributed by atoms with Crippen LogP contribution in [0.15, 0.2) is 10.9 Å². The van der Waals surface area contributed by atoms with Crippen molar-refractivity contribution in [2.75, 3.05) is 6.54 Å². The Morgan fingerprint density at radius 2 is 2.37 bits per heavy atom. The van der Waals surface area contributed by atoms with Gasteiger partial charge >= 0.3 is 12.0 Å². The Bertz CT molecular complexity index is 463. The van der Waals surface area contributed by atoms with Crippen LogP contribution in [-0.4, -0.2) is 39.1 Å². The van der Waals surface area contributed by atoms with E-state index in [1.54, 1.807) is 12.4 Å². The Hall–Kier alpha value is -1.63. The molecule has 1 fully saturated rings. The number of aliphatic carboxylic acids is 1. The lowest BCUT2D eigenvalue weighted by molar-refractivity contribution is -0.150. The normalized spacial score (nSPS) is 23.1. The van der Waals surface area contributed by atoms with E-state index in [0.717, 1.165) is 18.5 Å². The van der Waals surface area contributed by atoms with Gasteiger partial charge in [-0.05, 0) is 26.2 Å². The molecule has 19 heavy (non-hydrogen) atoms. The second-order valence-corrected chi connectivity index (χ2v) is 5.54. The molecule has 2 N–H and O–H groups in total. The van der Waals surface area contributed by atoms with Gasteiger partial charge in [0, 0.05) is 11.9 Å². The molecule has 1 atom stereocenters. The van der Waals surface area contributed by atoms with Crippen molar-refractivity contribution in [1.29, 1.82) is 0 Å². The van der Waals surface area contributed by atoms with E-state index in [1.165, 1.54) is 16.2 Å². The summed E-state index contributed by atoms with van der Waals surface area (Å²) in [6, 6.07) is -0.336. The number of nitrogens with zero attached hydrogens (tertiary/aromatic N) is 2. The number of likely N-dealkylation sites (tertiary alicyclic amines) is 1. The standard InChI is InChI=1S/C12H17N3O3S/c1-12(10(16)17)4-2-3-5-15(12)11(18)13-6-9-7-19-8-14-9/h7-8H,2-6H2,1H3,(H,13,18)(H,16,17). The third kappa shape index (κ3) is 2.86. The molecule has 0 spiro atoms. The number of carboxylic acid groups (broad SMARTS) is 1. The van der Waals surface area contributed by atoms with Gasteiger partial charge in [0.05, 0.1) is 17.7 Å². The lowest BCUT2D eigenvalue weighted by atomic mass is 9.89. The Kier molecular flexibility index (Phi) is 4.04. The minimum Gasteiger partial charge on any atom is -0.480 e. The van der Waals surface area contributed by atoms with E-state index in [9.17, 15) is 14.7 Å². The number of nitrogens with one attached hydrogen (secondary N) is 1. The summed E-state index contributed by atoms with van der Waals surface area (Å²) in [5.74, 6) is -0.948. The summed E-state index contributed by atoms with van der Waals surface area (Å²) in [7, 11) is 0. The molecule has 0 saturated carbocycles. The van der Waals surface area contributed by atoms with Gasteiger partial charge in [-0.15, -0.1) is 11.3 Å². The zero-order valence-corrected chi connectivity index (χ0v) is 11.6. The van der Waals surface area contributed by atoms with Gasteiger partial charge in [0.1, 0.15) is 5.54 Å². The van der Waals surface area contributed by atoms with Gasteiger partial charge in [0.25, 0.3) is 0 Å². The van der Waals surface area contributed by atoms with Crippen molar-refractivity contribution >= 4 is 23.3 Å². The number of hydrogen-bond acceptors (Lipinski definition) is 4. The van der Waals surface area contributed by atoms with Crippen LogP contribution in [0.2, 0.25) is 0 Å². The first-order chi connectivity index (χ1) is 9.04. The Balaban J connectivity index is 2.01. The molecule has 1 aromatic rings. The van der Waals surface area contributed by atoms with Gasteiger partial charge in [0.2, 0.25) is 0 Å². The predicted molar refractivity (Wildman–Crippen MR) is 70.9 cm³/mol. The number of thiazole rings is 1. The molecule has 1 unspecified atom stereocenters. The highest BCUT2D eigenvalue weighted by Gasteiger charge is 2.43. The first-order valence-corrected chi connectivity index (χ1v) is 7.14. The number of piperidine rings is 1. The highest BCUT2D eigenvalue weighted by molar-refractivity contribution is 7.07. The van der Waals surface area contributed by atoms with Crippen molar-refractivity contribution in [3.8, 4) is 0 Å². The molecule has 7 heteroatoms. The van der Waals surface area contributed by atoms with E-state index in [4.69, 9.17) is 0 Å². The summed E-state index contributed by atoms with van der Waals surface area (Å²) >= 11 is 1.46.